The average Bonchev–Trinajstić information content (AvgIpc) is 1.53. The van der Waals surface area contributed by atoms with Crippen LogP contribution in [-0.4, -0.2) is 14.5 Å². The Morgan fingerprint density at radius 2 is 0.860 bits per heavy atom. The number of aromatic nitrogens is 3. The summed E-state index contributed by atoms with van der Waals surface area (Å²) in [6, 6.07) is 102. The summed E-state index contributed by atoms with van der Waals surface area (Å²) in [6.45, 7) is 4.91. The van der Waals surface area contributed by atoms with Crippen LogP contribution in [0.3, 0.4) is 0 Å². The highest BCUT2D eigenvalue weighted by Crippen LogP contribution is 2.64. The smallest absolute Gasteiger partial charge is 0.235 e. The van der Waals surface area contributed by atoms with Gasteiger partial charge in [0, 0.05) is 50.2 Å². The summed E-state index contributed by atoms with van der Waals surface area (Å²) in [4.78, 5) is 13.4. The van der Waals surface area contributed by atoms with E-state index in [1.54, 1.807) is 0 Å². The molecule has 0 aliphatic heterocycles. The molecule has 0 unspecified atom stereocenters. The van der Waals surface area contributed by atoms with Crippen molar-refractivity contribution in [1.29, 1.82) is 0 Å². The molecule has 0 amide bonds. The topological polar surface area (TPSA) is 34.0 Å². The third-order valence-corrected chi connectivity index (χ3v) is 19.7. The van der Waals surface area contributed by atoms with Crippen molar-refractivity contribution in [2.75, 3.05) is 4.90 Å². The van der Waals surface area contributed by atoms with E-state index in [-0.39, 0.29) is 0 Å². The molecule has 0 fully saturated rings. The van der Waals surface area contributed by atoms with Gasteiger partial charge in [0.05, 0.1) is 22.0 Å². The lowest BCUT2D eigenvalue weighted by Crippen LogP contribution is -2.25. The molecule has 3 aliphatic rings. The Bertz CT molecular complexity index is 5570. The number of nitrogens with zero attached hydrogens (tertiary/aromatic N) is 4. The molecule has 0 bridgehead atoms. The average molecular weight is 1090 g/mol. The Kier molecular flexibility index (Phi) is 9.58. The Morgan fingerprint density at radius 3 is 1.59 bits per heavy atom. The maximum Gasteiger partial charge on any atom is 0.235 e. The summed E-state index contributed by atoms with van der Waals surface area (Å²) in [6.07, 6.45) is 2.01. The van der Waals surface area contributed by atoms with Gasteiger partial charge in [-0.1, -0.05) is 244 Å². The Labute approximate surface area is 497 Å². The van der Waals surface area contributed by atoms with Gasteiger partial charge in [0.2, 0.25) is 5.95 Å². The van der Waals surface area contributed by atoms with Crippen LogP contribution in [0.15, 0.2) is 279 Å². The predicted octanol–water partition coefficient (Wildman–Crippen LogP) is 21.1. The van der Waals surface area contributed by atoms with Crippen molar-refractivity contribution in [3.8, 4) is 50.5 Å². The summed E-state index contributed by atoms with van der Waals surface area (Å²) in [5.74, 6) is 0.636. The van der Waals surface area contributed by atoms with Crippen LogP contribution in [-0.2, 0) is 10.8 Å². The van der Waals surface area contributed by atoms with Crippen molar-refractivity contribution in [1.82, 2.24) is 14.5 Å². The molecule has 0 saturated carbocycles. The highest BCUT2D eigenvalue weighted by Gasteiger charge is 2.51. The highest BCUT2D eigenvalue weighted by atomic mass is 15.2. The van der Waals surface area contributed by atoms with Crippen LogP contribution in [0, 0.1) is 0 Å². The van der Waals surface area contributed by atoms with E-state index in [1.165, 1.54) is 110 Å². The fourth-order valence-electron chi connectivity index (χ4n) is 16.3. The van der Waals surface area contributed by atoms with Crippen molar-refractivity contribution in [2.45, 2.75) is 24.7 Å². The van der Waals surface area contributed by atoms with E-state index in [0.717, 1.165) is 60.7 Å². The fraction of sp³-hybridized carbons (Fsp3) is 0.0488. The first-order valence-electron chi connectivity index (χ1n) is 30.0. The second-order valence-electron chi connectivity index (χ2n) is 24.3. The molecular formula is C82H52N4. The molecule has 0 saturated heterocycles. The molecule has 400 valence electrons. The second-order valence-corrected chi connectivity index (χ2v) is 24.3. The van der Waals surface area contributed by atoms with Gasteiger partial charge in [-0.15, -0.1) is 0 Å². The van der Waals surface area contributed by atoms with Crippen molar-refractivity contribution in [3.63, 3.8) is 0 Å². The zero-order valence-corrected chi connectivity index (χ0v) is 47.3. The largest absolute Gasteiger partial charge is 0.310 e. The molecular weight excluding hydrogens is 1040 g/mol. The number of hydrogen-bond donors (Lipinski definition) is 0. The van der Waals surface area contributed by atoms with E-state index < -0.39 is 10.8 Å². The van der Waals surface area contributed by atoms with Crippen LogP contribution < -0.4 is 4.90 Å². The standard InChI is InChI=1S/C82H52N4/c1-81(2)77-65(41-40-64-59-27-9-8-25-57(59)58-26-10-11-31-63(58)75(64)77)66-42-44-73-76(78(66)81)67-39-37-55(47-74(67)86(73)80-83-48-52-36-35-50-21-6-7-24-56(50)79(52)84-80)85(53-23-18-22-51(45-53)49-19-4-3-5-20-49)54-38-43-72-68(46-54)62-30-14-17-34-71(62)82(72)69-32-15-12-28-60(69)61-29-13-16-33-70(61)82/h3-48H,1-2H3. The number of fused-ring (bicyclic) bond motifs is 27. The van der Waals surface area contributed by atoms with Gasteiger partial charge in [0.15, 0.2) is 0 Å². The molecule has 2 heterocycles. The van der Waals surface area contributed by atoms with Gasteiger partial charge in [-0.25, -0.2) is 9.97 Å². The minimum Gasteiger partial charge on any atom is -0.310 e. The minimum atomic E-state index is -0.457. The minimum absolute atomic E-state index is 0.407. The summed E-state index contributed by atoms with van der Waals surface area (Å²) in [5.41, 5.74) is 23.3. The van der Waals surface area contributed by atoms with Crippen molar-refractivity contribution >= 4 is 92.9 Å². The normalized spacial score (nSPS) is 13.9. The summed E-state index contributed by atoms with van der Waals surface area (Å²) in [5, 5.41) is 13.4. The van der Waals surface area contributed by atoms with Gasteiger partial charge in [0.1, 0.15) is 0 Å². The number of anilines is 3. The zero-order chi connectivity index (χ0) is 56.6. The molecule has 19 rings (SSSR count). The Hall–Kier alpha value is -10.9. The first-order chi connectivity index (χ1) is 42.4. The Morgan fingerprint density at radius 1 is 0.337 bits per heavy atom. The third kappa shape index (κ3) is 6.22. The molecule has 14 aromatic carbocycles. The first-order valence-corrected chi connectivity index (χ1v) is 30.0. The van der Waals surface area contributed by atoms with E-state index in [0.29, 0.717) is 5.95 Å². The van der Waals surface area contributed by atoms with Gasteiger partial charge in [-0.3, -0.25) is 4.57 Å². The molecule has 0 N–H and O–H groups in total. The zero-order valence-electron chi connectivity index (χ0n) is 47.3. The van der Waals surface area contributed by atoms with Gasteiger partial charge >= 0.3 is 0 Å². The monoisotopic (exact) mass is 1090 g/mol. The maximum atomic E-state index is 5.62. The SMILES string of the molecule is CC1(C)c2c(ccc3c4ccccc4c4ccccc4c23)-c2ccc3c(c21)c1ccc(N(c2cccc(-c4ccccc4)c2)c2ccc4c(c2)-c2ccccc2C42c4ccccc4-c4ccccc42)cc1n3-c1ncc2ccc3ccccc3c2n1. The molecule has 4 nitrogen and oxygen atoms in total. The first kappa shape index (κ1) is 47.5. The third-order valence-electron chi connectivity index (χ3n) is 19.7. The van der Waals surface area contributed by atoms with E-state index in [4.69, 9.17) is 9.97 Å². The van der Waals surface area contributed by atoms with Gasteiger partial charge in [-0.2, -0.15) is 0 Å². The van der Waals surface area contributed by atoms with E-state index >= 15 is 0 Å². The maximum absolute atomic E-state index is 5.62. The molecule has 16 aromatic rings. The van der Waals surface area contributed by atoms with Gasteiger partial charge < -0.3 is 4.90 Å². The molecule has 4 heteroatoms. The number of hydrogen-bond acceptors (Lipinski definition) is 3. The van der Waals surface area contributed by atoms with Crippen molar-refractivity contribution < 1.29 is 0 Å². The van der Waals surface area contributed by atoms with Crippen LogP contribution >= 0.6 is 0 Å². The molecule has 1 spiro atoms. The van der Waals surface area contributed by atoms with Gasteiger partial charge in [0.25, 0.3) is 0 Å². The lowest BCUT2D eigenvalue weighted by Gasteiger charge is -2.31. The quantitative estimate of drug-likeness (QED) is 0.161. The van der Waals surface area contributed by atoms with E-state index in [1.807, 2.05) is 6.20 Å². The van der Waals surface area contributed by atoms with E-state index in [2.05, 4.69) is 296 Å². The second kappa shape index (κ2) is 17.3. The van der Waals surface area contributed by atoms with Crippen LogP contribution in [0.1, 0.15) is 47.2 Å². The lowest BCUT2D eigenvalue weighted by atomic mass is 9.70. The van der Waals surface area contributed by atoms with Crippen LogP contribution in [0.4, 0.5) is 17.1 Å². The van der Waals surface area contributed by atoms with Crippen LogP contribution in [0.2, 0.25) is 0 Å². The number of rotatable bonds is 5. The molecule has 0 radical (unpaired) electrons. The van der Waals surface area contributed by atoms with Gasteiger partial charge in [-0.05, 0) is 158 Å². The van der Waals surface area contributed by atoms with E-state index in [9.17, 15) is 0 Å². The Balaban J connectivity index is 0.885. The highest BCUT2D eigenvalue weighted by molar-refractivity contribution is 6.28. The van der Waals surface area contributed by atoms with Crippen LogP contribution in [0.25, 0.3) is 126 Å². The van der Waals surface area contributed by atoms with Crippen molar-refractivity contribution in [3.05, 3.63) is 313 Å². The van der Waals surface area contributed by atoms with Crippen molar-refractivity contribution in [2.24, 2.45) is 0 Å². The molecule has 0 atom stereocenters. The fourth-order valence-corrected chi connectivity index (χ4v) is 16.3. The summed E-state index contributed by atoms with van der Waals surface area (Å²) in [7, 11) is 0. The molecule has 2 aromatic heterocycles. The summed E-state index contributed by atoms with van der Waals surface area (Å²) >= 11 is 0. The summed E-state index contributed by atoms with van der Waals surface area (Å²) < 4.78 is 2.35. The predicted molar refractivity (Wildman–Crippen MR) is 358 cm³/mol. The lowest BCUT2D eigenvalue weighted by molar-refractivity contribution is 0.673. The molecule has 3 aliphatic carbocycles. The van der Waals surface area contributed by atoms with Crippen LogP contribution in [0.5, 0.6) is 0 Å². The number of benzene rings is 14. The molecule has 86 heavy (non-hydrogen) atoms.